The van der Waals surface area contributed by atoms with Gasteiger partial charge in [-0.05, 0) is 19.9 Å². The summed E-state index contributed by atoms with van der Waals surface area (Å²) in [6, 6.07) is 1.51. The molecule has 1 aromatic heterocycles. The van der Waals surface area contributed by atoms with Crippen LogP contribution in [0.4, 0.5) is 10.6 Å². The molecule has 3 amide bonds. The Balaban J connectivity index is 0.00000225. The average molecular weight is 493 g/mol. The zero-order valence-corrected chi connectivity index (χ0v) is 21.0. The van der Waals surface area contributed by atoms with Gasteiger partial charge in [-0.1, -0.05) is 12.8 Å². The number of carbonyl (C=O) groups is 2. The number of aromatic nitrogens is 2. The van der Waals surface area contributed by atoms with Crippen molar-refractivity contribution >= 4 is 17.8 Å². The molecule has 0 spiro atoms. The van der Waals surface area contributed by atoms with Crippen LogP contribution in [0.3, 0.4) is 0 Å². The van der Waals surface area contributed by atoms with Gasteiger partial charge in [0.1, 0.15) is 5.82 Å². The Hall–Kier alpha value is -1.32. The molecule has 1 saturated heterocycles. The molecule has 1 aliphatic heterocycles. The number of rotatable bonds is 3. The maximum absolute atomic E-state index is 12.5. The topological polar surface area (TPSA) is 114 Å². The van der Waals surface area contributed by atoms with Crippen LogP contribution in [0.2, 0.25) is 0 Å². The van der Waals surface area contributed by atoms with Crippen molar-refractivity contribution in [1.29, 1.82) is 0 Å². The third-order valence-electron chi connectivity index (χ3n) is 5.27. The number of piperazine rings is 1. The number of hydrogen-bond donors (Lipinski definition) is 2. The minimum atomic E-state index is -0.922. The Morgan fingerprint density at radius 3 is 2.27 bits per heavy atom. The molecule has 0 bridgehead atoms. The first kappa shape index (κ1) is 26.7. The van der Waals surface area contributed by atoms with Crippen molar-refractivity contribution in [3.8, 4) is 0 Å². The fourth-order valence-electron chi connectivity index (χ4n) is 3.66. The first-order chi connectivity index (χ1) is 13.3. The van der Waals surface area contributed by atoms with Crippen molar-refractivity contribution in [3.05, 3.63) is 36.6 Å². The second-order valence-electron chi connectivity index (χ2n) is 8.03. The summed E-state index contributed by atoms with van der Waals surface area (Å²) in [4.78, 5) is 44.3. The van der Waals surface area contributed by atoms with Crippen LogP contribution in [0.5, 0.6) is 0 Å². The van der Waals surface area contributed by atoms with Gasteiger partial charge in [0, 0.05) is 71.1 Å². The molecule has 2 aliphatic rings. The van der Waals surface area contributed by atoms with Crippen LogP contribution in [0.1, 0.15) is 45.6 Å². The molecule has 1 aromatic rings. The Morgan fingerprint density at radius 1 is 1.17 bits per heavy atom. The molecule has 30 heavy (non-hydrogen) atoms. The number of nitrogens with one attached hydrogen (secondary N) is 1. The fraction of sp³-hybridized carbons (Fsp3) is 0.600. The van der Waals surface area contributed by atoms with Crippen molar-refractivity contribution in [3.63, 3.8) is 0 Å². The SMILES string of the molecule is CC(C)(N)C(=O)N1CCN(C(=O)Nc2ccn(C3CC[CH-]CC3)c(=O)n2)CC1.[CH3-].[Y]. The number of anilines is 1. The molecule has 2 fully saturated rings. The van der Waals surface area contributed by atoms with Gasteiger partial charge in [0.25, 0.3) is 0 Å². The van der Waals surface area contributed by atoms with E-state index in [1.54, 1.807) is 40.5 Å². The van der Waals surface area contributed by atoms with E-state index in [4.69, 9.17) is 5.73 Å². The minimum absolute atomic E-state index is 0. The second kappa shape index (κ2) is 11.3. The maximum Gasteiger partial charge on any atom is 0.349 e. The van der Waals surface area contributed by atoms with Gasteiger partial charge in [-0.25, -0.2) is 9.59 Å². The molecule has 3 N–H and O–H groups in total. The molecule has 1 saturated carbocycles. The zero-order chi connectivity index (χ0) is 20.3. The van der Waals surface area contributed by atoms with Crippen LogP contribution >= 0.6 is 0 Å². The molecule has 0 atom stereocenters. The third kappa shape index (κ3) is 6.59. The van der Waals surface area contributed by atoms with Crippen LogP contribution < -0.4 is 16.7 Å². The fourth-order valence-corrected chi connectivity index (χ4v) is 3.66. The van der Waals surface area contributed by atoms with Crippen LogP contribution in [0.25, 0.3) is 0 Å². The van der Waals surface area contributed by atoms with Crippen LogP contribution in [0, 0.1) is 13.8 Å². The van der Waals surface area contributed by atoms with Crippen molar-refractivity contribution < 1.29 is 42.3 Å². The summed E-state index contributed by atoms with van der Waals surface area (Å²) in [5.74, 6) is 0.119. The van der Waals surface area contributed by atoms with Gasteiger partial charge in [-0.3, -0.25) is 14.7 Å². The Morgan fingerprint density at radius 2 is 1.73 bits per heavy atom. The molecule has 1 aliphatic carbocycles. The molecular formula is C20H32N6O3Y-2. The molecule has 0 aromatic carbocycles. The van der Waals surface area contributed by atoms with E-state index in [1.807, 2.05) is 0 Å². The summed E-state index contributed by atoms with van der Waals surface area (Å²) in [7, 11) is 0. The van der Waals surface area contributed by atoms with Crippen LogP contribution in [0.15, 0.2) is 17.1 Å². The molecule has 3 rings (SSSR count). The first-order valence-corrected chi connectivity index (χ1v) is 9.81. The minimum Gasteiger partial charge on any atom is -0.358 e. The van der Waals surface area contributed by atoms with E-state index < -0.39 is 5.54 Å². The van der Waals surface area contributed by atoms with Gasteiger partial charge >= 0.3 is 11.7 Å². The third-order valence-corrected chi connectivity index (χ3v) is 5.27. The summed E-state index contributed by atoms with van der Waals surface area (Å²) >= 11 is 0. The van der Waals surface area contributed by atoms with Gasteiger partial charge in [-0.2, -0.15) is 17.8 Å². The summed E-state index contributed by atoms with van der Waals surface area (Å²) in [6.45, 7) is 5.02. The molecular weight excluding hydrogens is 461 g/mol. The van der Waals surface area contributed by atoms with Gasteiger partial charge < -0.3 is 29.4 Å². The van der Waals surface area contributed by atoms with Crippen molar-refractivity contribution in [1.82, 2.24) is 19.4 Å². The summed E-state index contributed by atoms with van der Waals surface area (Å²) in [5, 5.41) is 2.69. The van der Waals surface area contributed by atoms with E-state index in [1.165, 1.54) is 0 Å². The number of urea groups is 1. The second-order valence-corrected chi connectivity index (χ2v) is 8.03. The number of hydrogen-bond acceptors (Lipinski definition) is 5. The Bertz CT molecular complexity index is 777. The zero-order valence-electron chi connectivity index (χ0n) is 18.1. The van der Waals surface area contributed by atoms with E-state index >= 15 is 0 Å². The Kier molecular flexibility index (Phi) is 10.1. The largest absolute Gasteiger partial charge is 0.358 e. The van der Waals surface area contributed by atoms with Gasteiger partial charge in [0.05, 0.1) is 5.54 Å². The van der Waals surface area contributed by atoms with Crippen molar-refractivity contribution in [2.24, 2.45) is 5.73 Å². The Labute approximate surface area is 203 Å². The summed E-state index contributed by atoms with van der Waals surface area (Å²) in [6.07, 6.45) is 7.84. The molecule has 2 heterocycles. The standard InChI is InChI=1S/C19H29N6O3.CH3.Y/c1-19(2,20)16(26)23-10-12-24(13-11-23)17(27)21-15-8-9-25(18(28)22-15)14-6-4-3-5-7-14;;/h3,8-9,14H,4-7,10-13,20H2,1-2H3,(H,21,22,27,28);1H3;/q2*-1;. The van der Waals surface area contributed by atoms with E-state index in [0.29, 0.717) is 26.2 Å². The molecule has 165 valence electrons. The quantitative estimate of drug-likeness (QED) is 0.619. The summed E-state index contributed by atoms with van der Waals surface area (Å²) in [5.41, 5.74) is 4.60. The van der Waals surface area contributed by atoms with Gasteiger partial charge in [-0.15, -0.1) is 0 Å². The van der Waals surface area contributed by atoms with E-state index in [-0.39, 0.29) is 69.6 Å². The number of nitrogens with two attached hydrogens (primary N) is 1. The normalized spacial score (nSPS) is 17.6. The number of amides is 3. The molecule has 9 nitrogen and oxygen atoms in total. The van der Waals surface area contributed by atoms with Crippen molar-refractivity contribution in [2.45, 2.75) is 51.1 Å². The van der Waals surface area contributed by atoms with Crippen LogP contribution in [-0.4, -0.2) is 63.0 Å². The maximum atomic E-state index is 12.5. The van der Waals surface area contributed by atoms with E-state index in [9.17, 15) is 14.4 Å². The molecule has 1 radical (unpaired) electrons. The van der Waals surface area contributed by atoms with E-state index in [0.717, 1.165) is 25.7 Å². The number of nitrogens with zero attached hydrogens (tertiary/aromatic N) is 4. The average Bonchev–Trinajstić information content (AvgIpc) is 2.67. The van der Waals surface area contributed by atoms with Crippen molar-refractivity contribution in [2.75, 3.05) is 31.5 Å². The first-order valence-electron chi connectivity index (χ1n) is 9.81. The summed E-state index contributed by atoms with van der Waals surface area (Å²) < 4.78 is 1.65. The molecule has 10 heteroatoms. The number of carbonyl (C=O) groups excluding carboxylic acids is 2. The van der Waals surface area contributed by atoms with E-state index in [2.05, 4.69) is 16.7 Å². The van der Waals surface area contributed by atoms with Gasteiger partial charge in [0.15, 0.2) is 0 Å². The predicted molar refractivity (Wildman–Crippen MR) is 112 cm³/mol. The smallest absolute Gasteiger partial charge is 0.349 e. The van der Waals surface area contributed by atoms with Gasteiger partial charge in [0.2, 0.25) is 5.91 Å². The predicted octanol–water partition coefficient (Wildman–Crippen LogP) is 1.42. The monoisotopic (exact) mass is 493 g/mol. The van der Waals surface area contributed by atoms with Crippen LogP contribution in [-0.2, 0) is 37.5 Å². The molecule has 0 unspecified atom stereocenters.